The summed E-state index contributed by atoms with van der Waals surface area (Å²) >= 11 is 0. The molecule has 1 heterocycles. The molecule has 0 bridgehead atoms. The number of hydrogen-bond donors (Lipinski definition) is 3. The van der Waals surface area contributed by atoms with Crippen LogP contribution in [0.3, 0.4) is 0 Å². The van der Waals surface area contributed by atoms with E-state index in [0.717, 1.165) is 23.0 Å². The summed E-state index contributed by atoms with van der Waals surface area (Å²) in [5.41, 5.74) is 3.61. The van der Waals surface area contributed by atoms with Gasteiger partial charge in [0.2, 0.25) is 5.95 Å². The van der Waals surface area contributed by atoms with Gasteiger partial charge in [-0.1, -0.05) is 29.8 Å². The van der Waals surface area contributed by atoms with Crippen LogP contribution in [0.25, 0.3) is 0 Å². The number of ether oxygens (including phenoxy) is 1. The van der Waals surface area contributed by atoms with Crippen molar-refractivity contribution in [2.45, 2.75) is 20.2 Å². The first-order valence-electron chi connectivity index (χ1n) is 10.9. The van der Waals surface area contributed by atoms with Crippen molar-refractivity contribution in [1.82, 2.24) is 9.97 Å². The lowest BCUT2D eigenvalue weighted by Crippen LogP contribution is -2.20. The third-order valence-electron chi connectivity index (χ3n) is 4.93. The van der Waals surface area contributed by atoms with E-state index in [1.807, 2.05) is 44.2 Å². The Labute approximate surface area is 205 Å². The van der Waals surface area contributed by atoms with Gasteiger partial charge < -0.3 is 20.7 Å². The summed E-state index contributed by atoms with van der Waals surface area (Å²) in [4.78, 5) is 21.4. The van der Waals surface area contributed by atoms with Gasteiger partial charge in [-0.3, -0.25) is 4.79 Å². The second-order valence-electron chi connectivity index (χ2n) is 7.91. The normalized spacial score (nSPS) is 11.0. The molecule has 184 valence electrons. The third kappa shape index (κ3) is 6.72. The number of amides is 1. The number of anilines is 5. The zero-order valence-corrected chi connectivity index (χ0v) is 19.4. The lowest BCUT2D eigenvalue weighted by Gasteiger charge is -2.13. The molecule has 1 aromatic heterocycles. The van der Waals surface area contributed by atoms with E-state index in [9.17, 15) is 18.0 Å². The average Bonchev–Trinajstić information content (AvgIpc) is 2.81. The first kappa shape index (κ1) is 24.5. The number of rotatable bonds is 7. The summed E-state index contributed by atoms with van der Waals surface area (Å²) in [5.74, 6) is -0.311. The number of aromatic nitrogens is 2. The zero-order chi connectivity index (χ0) is 25.7. The first-order chi connectivity index (χ1) is 17.1. The molecular weight excluding hydrogens is 471 g/mol. The highest BCUT2D eigenvalue weighted by molar-refractivity contribution is 6.06. The van der Waals surface area contributed by atoms with Crippen LogP contribution in [-0.2, 0) is 0 Å². The quantitative estimate of drug-likeness (QED) is 0.265. The molecule has 4 aromatic rings. The maximum absolute atomic E-state index is 12.6. The van der Waals surface area contributed by atoms with Crippen molar-refractivity contribution in [2.24, 2.45) is 0 Å². The van der Waals surface area contributed by atoms with E-state index >= 15 is 0 Å². The minimum atomic E-state index is -4.91. The fourth-order valence-corrected chi connectivity index (χ4v) is 3.31. The molecule has 36 heavy (non-hydrogen) atoms. The van der Waals surface area contributed by atoms with E-state index < -0.39 is 18.0 Å². The third-order valence-corrected chi connectivity index (χ3v) is 4.93. The van der Waals surface area contributed by atoms with Crippen LogP contribution in [0.5, 0.6) is 5.75 Å². The number of halogens is 3. The summed E-state index contributed by atoms with van der Waals surface area (Å²) < 4.78 is 41.8. The minimum Gasteiger partial charge on any atom is -0.405 e. The topological polar surface area (TPSA) is 88.2 Å². The molecule has 0 spiro atoms. The highest BCUT2D eigenvalue weighted by Gasteiger charge is 2.32. The maximum atomic E-state index is 12.6. The molecule has 0 saturated heterocycles. The van der Waals surface area contributed by atoms with Gasteiger partial charge in [0, 0.05) is 28.8 Å². The van der Waals surface area contributed by atoms with Gasteiger partial charge in [-0.25, -0.2) is 4.98 Å². The molecule has 0 saturated carbocycles. The first-order valence-corrected chi connectivity index (χ1v) is 10.9. The van der Waals surface area contributed by atoms with Crippen LogP contribution < -0.4 is 20.7 Å². The van der Waals surface area contributed by atoms with E-state index in [1.165, 1.54) is 18.2 Å². The second kappa shape index (κ2) is 10.3. The molecule has 0 fully saturated rings. The van der Waals surface area contributed by atoms with E-state index in [1.54, 1.807) is 24.3 Å². The van der Waals surface area contributed by atoms with Crippen molar-refractivity contribution in [1.29, 1.82) is 0 Å². The number of benzene rings is 3. The number of nitrogens with one attached hydrogen (secondary N) is 3. The Morgan fingerprint density at radius 2 is 1.42 bits per heavy atom. The molecule has 3 N–H and O–H groups in total. The van der Waals surface area contributed by atoms with Crippen molar-refractivity contribution in [3.63, 3.8) is 0 Å². The van der Waals surface area contributed by atoms with Crippen LogP contribution >= 0.6 is 0 Å². The number of nitrogens with zero attached hydrogens (tertiary/aromatic N) is 2. The lowest BCUT2D eigenvalue weighted by atomic mass is 10.2. The molecule has 4 rings (SSSR count). The van der Waals surface area contributed by atoms with E-state index in [4.69, 9.17) is 0 Å². The molecule has 0 aliphatic carbocycles. The van der Waals surface area contributed by atoms with Gasteiger partial charge in [-0.15, -0.1) is 13.2 Å². The van der Waals surface area contributed by atoms with Gasteiger partial charge in [0.15, 0.2) is 0 Å². The monoisotopic (exact) mass is 493 g/mol. The van der Waals surface area contributed by atoms with Gasteiger partial charge >= 0.3 is 6.36 Å². The van der Waals surface area contributed by atoms with Gasteiger partial charge in [0.05, 0.1) is 5.56 Å². The number of alkyl halides is 3. The zero-order valence-electron chi connectivity index (χ0n) is 19.4. The standard InChI is InChI=1S/C26H22F3N5O2/c1-16-7-9-18(10-8-16)31-23-15-17(2)30-25(34-23)33-20-13-11-19(12-14-20)32-24(35)21-5-3-4-6-22(21)36-26(27,28)29/h3-15H,1-2H3,(H,32,35)(H2,30,31,33,34). The summed E-state index contributed by atoms with van der Waals surface area (Å²) in [7, 11) is 0. The second-order valence-corrected chi connectivity index (χ2v) is 7.91. The SMILES string of the molecule is Cc1ccc(Nc2cc(C)nc(Nc3ccc(NC(=O)c4ccccc4OC(F)(F)F)cc3)n2)cc1. The van der Waals surface area contributed by atoms with Gasteiger partial charge in [0.1, 0.15) is 11.6 Å². The molecule has 3 aromatic carbocycles. The van der Waals surface area contributed by atoms with Crippen molar-refractivity contribution >= 4 is 34.7 Å². The smallest absolute Gasteiger partial charge is 0.405 e. The van der Waals surface area contributed by atoms with Crippen LogP contribution in [0.2, 0.25) is 0 Å². The highest BCUT2D eigenvalue weighted by atomic mass is 19.4. The van der Waals surface area contributed by atoms with E-state index in [2.05, 4.69) is 30.7 Å². The summed E-state index contributed by atoms with van der Waals surface area (Å²) in [6, 6.07) is 21.5. The van der Waals surface area contributed by atoms with Crippen LogP contribution in [-0.4, -0.2) is 22.2 Å². The van der Waals surface area contributed by atoms with Crippen molar-refractivity contribution in [3.8, 4) is 5.75 Å². The molecule has 0 aliphatic heterocycles. The Balaban J connectivity index is 1.43. The summed E-state index contributed by atoms with van der Waals surface area (Å²) in [6.45, 7) is 3.87. The van der Waals surface area contributed by atoms with Gasteiger partial charge in [0.25, 0.3) is 5.91 Å². The summed E-state index contributed by atoms with van der Waals surface area (Å²) in [6.07, 6.45) is -4.91. The Kier molecular flexibility index (Phi) is 7.05. The molecule has 0 unspecified atom stereocenters. The molecule has 0 aliphatic rings. The van der Waals surface area contributed by atoms with Crippen LogP contribution in [0.15, 0.2) is 78.9 Å². The van der Waals surface area contributed by atoms with Gasteiger partial charge in [-0.05, 0) is 62.4 Å². The lowest BCUT2D eigenvalue weighted by molar-refractivity contribution is -0.274. The number of aryl methyl sites for hydroxylation is 2. The molecule has 1 amide bonds. The highest BCUT2D eigenvalue weighted by Crippen LogP contribution is 2.27. The Morgan fingerprint density at radius 1 is 0.806 bits per heavy atom. The minimum absolute atomic E-state index is 0.237. The van der Waals surface area contributed by atoms with Crippen LogP contribution in [0.1, 0.15) is 21.6 Å². The van der Waals surface area contributed by atoms with Gasteiger partial charge in [-0.2, -0.15) is 4.98 Å². The molecule has 0 atom stereocenters. The Morgan fingerprint density at radius 3 is 2.11 bits per heavy atom. The van der Waals surface area contributed by atoms with Crippen LogP contribution in [0, 0.1) is 13.8 Å². The van der Waals surface area contributed by atoms with Crippen molar-refractivity contribution in [2.75, 3.05) is 16.0 Å². The fourth-order valence-electron chi connectivity index (χ4n) is 3.31. The Hall–Kier alpha value is -4.60. The molecule has 7 nitrogen and oxygen atoms in total. The van der Waals surface area contributed by atoms with E-state index in [0.29, 0.717) is 23.1 Å². The van der Waals surface area contributed by atoms with Crippen molar-refractivity contribution in [3.05, 3.63) is 95.7 Å². The number of carbonyl (C=O) groups is 1. The molecule has 0 radical (unpaired) electrons. The van der Waals surface area contributed by atoms with Crippen molar-refractivity contribution < 1.29 is 22.7 Å². The van der Waals surface area contributed by atoms with Crippen LogP contribution in [0.4, 0.5) is 42.0 Å². The fraction of sp³-hybridized carbons (Fsp3) is 0.115. The number of hydrogen-bond acceptors (Lipinski definition) is 6. The molecular formula is C26H22F3N5O2. The largest absolute Gasteiger partial charge is 0.573 e. The predicted molar refractivity (Wildman–Crippen MR) is 132 cm³/mol. The maximum Gasteiger partial charge on any atom is 0.573 e. The summed E-state index contributed by atoms with van der Waals surface area (Å²) in [5, 5.41) is 8.92. The average molecular weight is 493 g/mol. The molecule has 10 heteroatoms. The number of para-hydroxylation sites is 1. The predicted octanol–water partition coefficient (Wildman–Crippen LogP) is 6.73. The van der Waals surface area contributed by atoms with E-state index in [-0.39, 0.29) is 5.56 Å². The number of carbonyl (C=O) groups excluding carboxylic acids is 1. The Bertz CT molecular complexity index is 1360.